The van der Waals surface area contributed by atoms with E-state index in [4.69, 9.17) is 25.5 Å². The largest absolute Gasteiger partial charge is 0.454 e. The quantitative estimate of drug-likeness (QED) is 0.404. The Kier molecular flexibility index (Phi) is 5.60. The van der Waals surface area contributed by atoms with Gasteiger partial charge in [-0.3, -0.25) is 4.79 Å². The number of hydrogen-bond donors (Lipinski definition) is 2. The molecule has 9 nitrogen and oxygen atoms in total. The van der Waals surface area contributed by atoms with Gasteiger partial charge in [-0.05, 0) is 48.5 Å². The Morgan fingerprint density at radius 3 is 2.53 bits per heavy atom. The molecule has 3 aromatic carbocycles. The molecule has 11 heteroatoms. The van der Waals surface area contributed by atoms with Crippen LogP contribution in [0, 0.1) is 0 Å². The van der Waals surface area contributed by atoms with Crippen LogP contribution in [-0.2, 0) is 10.0 Å². The first-order valence-electron chi connectivity index (χ1n) is 9.94. The third-order valence-electron chi connectivity index (χ3n) is 4.92. The summed E-state index contributed by atoms with van der Waals surface area (Å²) in [6.45, 7) is 0.104. The number of carbonyl (C=O) groups excluding carboxylic acids is 1. The monoisotopic (exact) mass is 497 g/mol. The molecule has 0 atom stereocenters. The average Bonchev–Trinajstić information content (AvgIpc) is 3.30. The lowest BCUT2D eigenvalue weighted by Crippen LogP contribution is -2.27. The van der Waals surface area contributed by atoms with E-state index in [0.717, 1.165) is 0 Å². The summed E-state index contributed by atoms with van der Waals surface area (Å²) in [6.07, 6.45) is 0. The third kappa shape index (κ3) is 4.41. The highest BCUT2D eigenvalue weighted by Crippen LogP contribution is 2.34. The lowest BCUT2D eigenvalue weighted by atomic mass is 10.1. The van der Waals surface area contributed by atoms with E-state index in [2.05, 4.69) is 15.2 Å². The Bertz CT molecular complexity index is 1580. The van der Waals surface area contributed by atoms with Crippen molar-refractivity contribution in [1.82, 2.24) is 4.83 Å². The van der Waals surface area contributed by atoms with Crippen molar-refractivity contribution in [2.24, 2.45) is 5.10 Å². The zero-order chi connectivity index (χ0) is 23.7. The highest BCUT2D eigenvalue weighted by Gasteiger charge is 2.18. The fourth-order valence-corrected chi connectivity index (χ4v) is 4.18. The molecule has 0 unspecified atom stereocenters. The molecule has 0 fully saturated rings. The number of halogens is 1. The Morgan fingerprint density at radius 1 is 0.941 bits per heavy atom. The van der Waals surface area contributed by atoms with Crippen molar-refractivity contribution in [3.8, 4) is 11.5 Å². The molecule has 2 heterocycles. The van der Waals surface area contributed by atoms with E-state index in [-0.39, 0.29) is 22.8 Å². The number of carbonyl (C=O) groups is 1. The summed E-state index contributed by atoms with van der Waals surface area (Å²) in [5, 5.41) is 7.67. The van der Waals surface area contributed by atoms with Gasteiger partial charge in [0.2, 0.25) is 12.3 Å². The van der Waals surface area contributed by atoms with Crippen LogP contribution in [0.15, 0.2) is 87.2 Å². The minimum Gasteiger partial charge on any atom is -0.454 e. The Hall–Kier alpha value is -4.02. The summed E-state index contributed by atoms with van der Waals surface area (Å²) in [7, 11) is -4.03. The Morgan fingerprint density at radius 2 is 1.71 bits per heavy atom. The second-order valence-electron chi connectivity index (χ2n) is 7.19. The molecule has 1 aliphatic rings. The minimum atomic E-state index is -4.03. The van der Waals surface area contributed by atoms with E-state index < -0.39 is 15.9 Å². The van der Waals surface area contributed by atoms with Crippen LogP contribution in [-0.4, -0.2) is 21.1 Å². The van der Waals surface area contributed by atoms with Crippen molar-refractivity contribution in [2.45, 2.75) is 4.90 Å². The van der Waals surface area contributed by atoms with Gasteiger partial charge in [0.15, 0.2) is 11.5 Å². The number of rotatable bonds is 5. The summed E-state index contributed by atoms with van der Waals surface area (Å²) in [4.78, 5) is 15.2. The van der Waals surface area contributed by atoms with Crippen molar-refractivity contribution in [1.29, 1.82) is 0 Å². The molecule has 172 valence electrons. The molecule has 0 radical (unpaired) electrons. The van der Waals surface area contributed by atoms with Crippen LogP contribution in [0.5, 0.6) is 11.5 Å². The Balaban J connectivity index is 1.52. The van der Waals surface area contributed by atoms with Crippen LogP contribution in [0.4, 0.5) is 5.69 Å². The van der Waals surface area contributed by atoms with Gasteiger partial charge in [-0.15, -0.1) is 5.10 Å². The fourth-order valence-electron chi connectivity index (χ4n) is 3.26. The van der Waals surface area contributed by atoms with Crippen molar-refractivity contribution >= 4 is 44.2 Å². The van der Waals surface area contributed by atoms with E-state index in [1.54, 1.807) is 48.5 Å². The molecule has 2 N–H and O–H groups in total. The minimum absolute atomic E-state index is 0.0233. The predicted octanol–water partition coefficient (Wildman–Crippen LogP) is 3.86. The van der Waals surface area contributed by atoms with Crippen LogP contribution >= 0.6 is 11.6 Å². The van der Waals surface area contributed by atoms with Crippen molar-refractivity contribution < 1.29 is 27.1 Å². The van der Waals surface area contributed by atoms with Crippen molar-refractivity contribution in [2.75, 3.05) is 12.1 Å². The lowest BCUT2D eigenvalue weighted by molar-refractivity contribution is 0.102. The standard InChI is InChI=1S/C23H16ClN3O6S/c24-15-5-8-17(9-6-15)34(29,30)27-26-23-18(11-14-3-1-2-4-19(14)33-23)22(28)25-16-7-10-20-21(12-16)32-13-31-20/h1-12,27H,13H2,(H,25,28)/b26-23+. The molecule has 4 aromatic rings. The van der Waals surface area contributed by atoms with Crippen molar-refractivity contribution in [3.63, 3.8) is 0 Å². The van der Waals surface area contributed by atoms with Gasteiger partial charge in [0.25, 0.3) is 15.9 Å². The molecule has 0 saturated carbocycles. The van der Waals surface area contributed by atoms with Crippen LogP contribution in [0.25, 0.3) is 11.0 Å². The molecule has 0 spiro atoms. The number of para-hydroxylation sites is 1. The molecule has 5 rings (SSSR count). The van der Waals surface area contributed by atoms with Gasteiger partial charge in [0, 0.05) is 22.2 Å². The second-order valence-corrected chi connectivity index (χ2v) is 9.28. The molecular weight excluding hydrogens is 482 g/mol. The van der Waals surface area contributed by atoms with E-state index in [1.807, 2.05) is 0 Å². The number of ether oxygens (including phenoxy) is 2. The summed E-state index contributed by atoms with van der Waals surface area (Å²) in [5.74, 6) is 0.519. The van der Waals surface area contributed by atoms with E-state index >= 15 is 0 Å². The number of sulfonamides is 1. The molecule has 0 bridgehead atoms. The first-order valence-corrected chi connectivity index (χ1v) is 11.8. The molecule has 1 amide bonds. The number of nitrogens with zero attached hydrogens (tertiary/aromatic N) is 1. The van der Waals surface area contributed by atoms with Gasteiger partial charge in [-0.25, -0.2) is 0 Å². The Labute approximate surface area is 198 Å². The smallest absolute Gasteiger partial charge is 0.276 e. The first-order chi connectivity index (χ1) is 16.4. The number of hydrogen-bond acceptors (Lipinski definition) is 7. The van der Waals surface area contributed by atoms with Gasteiger partial charge in [0.05, 0.1) is 4.90 Å². The second kappa shape index (κ2) is 8.73. The van der Waals surface area contributed by atoms with Gasteiger partial charge < -0.3 is 19.2 Å². The molecule has 0 aliphatic carbocycles. The topological polar surface area (TPSA) is 119 Å². The van der Waals surface area contributed by atoms with Crippen LogP contribution in [0.1, 0.15) is 10.4 Å². The molecule has 1 aromatic heterocycles. The average molecular weight is 498 g/mol. The number of fused-ring (bicyclic) bond motifs is 2. The maximum Gasteiger partial charge on any atom is 0.276 e. The zero-order valence-corrected chi connectivity index (χ0v) is 18.9. The molecule has 0 saturated heterocycles. The van der Waals surface area contributed by atoms with E-state index in [9.17, 15) is 13.2 Å². The predicted molar refractivity (Wildman–Crippen MR) is 124 cm³/mol. The SMILES string of the molecule is O=C(Nc1ccc2c(c1)OCO2)c1cc2ccccc2o/c1=N/NS(=O)(=O)c1ccc(Cl)cc1. The third-order valence-corrected chi connectivity index (χ3v) is 6.40. The summed E-state index contributed by atoms with van der Waals surface area (Å²) in [5.41, 5.74) is 0.686. The summed E-state index contributed by atoms with van der Waals surface area (Å²) < 4.78 is 41.7. The molecular formula is C23H16ClN3O6S. The van der Waals surface area contributed by atoms with Crippen LogP contribution < -0.4 is 25.2 Å². The van der Waals surface area contributed by atoms with Gasteiger partial charge in [0.1, 0.15) is 11.1 Å². The van der Waals surface area contributed by atoms with E-state index in [1.165, 1.54) is 24.3 Å². The highest BCUT2D eigenvalue weighted by molar-refractivity contribution is 7.89. The number of anilines is 1. The number of benzene rings is 3. The molecule has 34 heavy (non-hydrogen) atoms. The summed E-state index contributed by atoms with van der Waals surface area (Å²) >= 11 is 5.83. The normalized spacial score (nSPS) is 13.1. The maximum atomic E-state index is 13.1. The highest BCUT2D eigenvalue weighted by atomic mass is 35.5. The zero-order valence-electron chi connectivity index (χ0n) is 17.3. The fraction of sp³-hybridized carbons (Fsp3) is 0.0435. The van der Waals surface area contributed by atoms with Gasteiger partial charge in [-0.1, -0.05) is 29.8 Å². The van der Waals surface area contributed by atoms with Gasteiger partial charge in [-0.2, -0.15) is 13.2 Å². The summed E-state index contributed by atoms with van der Waals surface area (Å²) in [6, 6.07) is 19.1. The van der Waals surface area contributed by atoms with Crippen LogP contribution in [0.2, 0.25) is 5.02 Å². The van der Waals surface area contributed by atoms with E-state index in [0.29, 0.717) is 33.2 Å². The first kappa shape index (κ1) is 21.8. The molecule has 1 aliphatic heterocycles. The van der Waals surface area contributed by atoms with Crippen LogP contribution in [0.3, 0.4) is 0 Å². The van der Waals surface area contributed by atoms with Crippen molar-refractivity contribution in [3.05, 3.63) is 88.9 Å². The number of amides is 1. The van der Waals surface area contributed by atoms with Gasteiger partial charge >= 0.3 is 0 Å². The lowest BCUT2D eigenvalue weighted by Gasteiger charge is -2.08. The number of nitrogens with one attached hydrogen (secondary N) is 2. The maximum absolute atomic E-state index is 13.1.